The number of sulfone groups is 1. The highest BCUT2D eigenvalue weighted by molar-refractivity contribution is 7.91. The van der Waals surface area contributed by atoms with Crippen LogP contribution < -0.4 is 4.90 Å². The number of piperazine rings is 1. The van der Waals surface area contributed by atoms with Gasteiger partial charge in [-0.3, -0.25) is 4.79 Å². The largest absolute Gasteiger partial charge is 0.368 e. The van der Waals surface area contributed by atoms with Gasteiger partial charge in [-0.1, -0.05) is 35.9 Å². The molecule has 0 radical (unpaired) electrons. The Balaban J connectivity index is 1.53. The van der Waals surface area contributed by atoms with Gasteiger partial charge in [-0.25, -0.2) is 8.42 Å². The topological polar surface area (TPSA) is 57.7 Å². The van der Waals surface area contributed by atoms with E-state index in [4.69, 9.17) is 11.6 Å². The van der Waals surface area contributed by atoms with Crippen molar-refractivity contribution in [2.45, 2.75) is 11.3 Å². The van der Waals surface area contributed by atoms with Crippen LogP contribution in [-0.2, 0) is 14.6 Å². The lowest BCUT2D eigenvalue weighted by molar-refractivity contribution is -0.131. The van der Waals surface area contributed by atoms with E-state index in [-0.39, 0.29) is 23.0 Å². The lowest BCUT2D eigenvalue weighted by atomic mass is 10.2. The van der Waals surface area contributed by atoms with E-state index in [0.29, 0.717) is 18.1 Å². The first-order valence-electron chi connectivity index (χ1n) is 8.52. The molecule has 7 heteroatoms. The first-order chi connectivity index (χ1) is 12.5. The van der Waals surface area contributed by atoms with Crippen molar-refractivity contribution in [3.63, 3.8) is 0 Å². The van der Waals surface area contributed by atoms with E-state index in [0.717, 1.165) is 18.8 Å². The van der Waals surface area contributed by atoms with Crippen molar-refractivity contribution < 1.29 is 13.2 Å². The van der Waals surface area contributed by atoms with E-state index < -0.39 is 9.84 Å². The SMILES string of the molecule is O=C(CCS(=O)(=O)c1cccc(Cl)c1)N1CCN(c2ccccc2)CC1. The quantitative estimate of drug-likeness (QED) is 0.785. The number of para-hydroxylation sites is 1. The van der Waals surface area contributed by atoms with Gasteiger partial charge in [0.15, 0.2) is 9.84 Å². The molecule has 138 valence electrons. The van der Waals surface area contributed by atoms with E-state index in [2.05, 4.69) is 17.0 Å². The number of rotatable bonds is 5. The molecule has 1 saturated heterocycles. The van der Waals surface area contributed by atoms with Gasteiger partial charge in [-0.2, -0.15) is 0 Å². The molecule has 5 nitrogen and oxygen atoms in total. The number of nitrogens with zero attached hydrogens (tertiary/aromatic N) is 2. The van der Waals surface area contributed by atoms with Crippen LogP contribution in [0.4, 0.5) is 5.69 Å². The second-order valence-electron chi connectivity index (χ2n) is 6.23. The van der Waals surface area contributed by atoms with Crippen LogP contribution in [-0.4, -0.2) is 51.2 Å². The molecule has 0 bridgehead atoms. The highest BCUT2D eigenvalue weighted by Crippen LogP contribution is 2.19. The van der Waals surface area contributed by atoms with Gasteiger partial charge in [0.2, 0.25) is 5.91 Å². The lowest BCUT2D eigenvalue weighted by Crippen LogP contribution is -2.49. The Bertz CT molecular complexity index is 863. The molecule has 0 spiro atoms. The van der Waals surface area contributed by atoms with Crippen molar-refractivity contribution in [2.24, 2.45) is 0 Å². The summed E-state index contributed by atoms with van der Waals surface area (Å²) in [5.41, 5.74) is 1.14. The molecule has 2 aromatic rings. The summed E-state index contributed by atoms with van der Waals surface area (Å²) in [6.45, 7) is 2.70. The lowest BCUT2D eigenvalue weighted by Gasteiger charge is -2.36. The summed E-state index contributed by atoms with van der Waals surface area (Å²) in [6.07, 6.45) is -0.0137. The molecule has 3 rings (SSSR count). The van der Waals surface area contributed by atoms with E-state index in [1.165, 1.54) is 12.1 Å². The number of hydrogen-bond acceptors (Lipinski definition) is 4. The van der Waals surface area contributed by atoms with Gasteiger partial charge in [-0.15, -0.1) is 0 Å². The molecule has 0 unspecified atom stereocenters. The molecule has 26 heavy (non-hydrogen) atoms. The van der Waals surface area contributed by atoms with Gasteiger partial charge in [-0.05, 0) is 30.3 Å². The first kappa shape index (κ1) is 18.7. The molecule has 0 atom stereocenters. The number of halogens is 1. The van der Waals surface area contributed by atoms with Crippen LogP contribution in [0.2, 0.25) is 5.02 Å². The van der Waals surface area contributed by atoms with Crippen LogP contribution in [0.25, 0.3) is 0 Å². The minimum Gasteiger partial charge on any atom is -0.368 e. The smallest absolute Gasteiger partial charge is 0.223 e. The summed E-state index contributed by atoms with van der Waals surface area (Å²) in [7, 11) is -3.51. The molecule has 2 aromatic carbocycles. The molecule has 0 aromatic heterocycles. The van der Waals surface area contributed by atoms with Crippen molar-refractivity contribution >= 4 is 33.0 Å². The molecule has 1 heterocycles. The van der Waals surface area contributed by atoms with Crippen LogP contribution in [0.1, 0.15) is 6.42 Å². The zero-order chi connectivity index (χ0) is 18.6. The van der Waals surface area contributed by atoms with Gasteiger partial charge in [0.1, 0.15) is 0 Å². The summed E-state index contributed by atoms with van der Waals surface area (Å²) in [5, 5.41) is 0.370. The van der Waals surface area contributed by atoms with Crippen LogP contribution in [0, 0.1) is 0 Å². The summed E-state index contributed by atoms with van der Waals surface area (Å²) in [4.78, 5) is 16.5. The molecule has 1 aliphatic heterocycles. The minimum atomic E-state index is -3.51. The number of carbonyl (C=O) groups is 1. The molecule has 1 amide bonds. The molecule has 1 aliphatic rings. The van der Waals surface area contributed by atoms with Crippen LogP contribution in [0.15, 0.2) is 59.5 Å². The van der Waals surface area contributed by atoms with Crippen LogP contribution in [0.3, 0.4) is 0 Å². The maximum absolute atomic E-state index is 12.4. The standard InChI is InChI=1S/C19H21ClN2O3S/c20-16-5-4-8-18(15-16)26(24,25)14-9-19(23)22-12-10-21(11-13-22)17-6-2-1-3-7-17/h1-8,15H,9-14H2. The Kier molecular flexibility index (Phi) is 5.84. The zero-order valence-electron chi connectivity index (χ0n) is 14.3. The summed E-state index contributed by atoms with van der Waals surface area (Å²) in [5.74, 6) is -0.325. The molecule has 0 N–H and O–H groups in total. The Morgan fingerprint density at radius 1 is 0.962 bits per heavy atom. The Morgan fingerprint density at radius 2 is 1.65 bits per heavy atom. The highest BCUT2D eigenvalue weighted by Gasteiger charge is 2.23. The molecule has 1 fully saturated rings. The molecule has 0 saturated carbocycles. The Hall–Kier alpha value is -2.05. The van der Waals surface area contributed by atoms with E-state index in [1.807, 2.05) is 18.2 Å². The van der Waals surface area contributed by atoms with Crippen molar-refractivity contribution in [3.8, 4) is 0 Å². The van der Waals surface area contributed by atoms with Gasteiger partial charge in [0.05, 0.1) is 10.6 Å². The van der Waals surface area contributed by atoms with Gasteiger partial charge < -0.3 is 9.80 Å². The van der Waals surface area contributed by atoms with E-state index in [9.17, 15) is 13.2 Å². The molecular formula is C19H21ClN2O3S. The molecule has 0 aliphatic carbocycles. The Morgan fingerprint density at radius 3 is 2.31 bits per heavy atom. The normalized spacial score (nSPS) is 15.1. The minimum absolute atomic E-state index is 0.0137. The van der Waals surface area contributed by atoms with E-state index in [1.54, 1.807) is 17.0 Å². The maximum atomic E-state index is 12.4. The summed E-state index contributed by atoms with van der Waals surface area (Å²) >= 11 is 5.86. The average Bonchev–Trinajstić information content (AvgIpc) is 2.67. The maximum Gasteiger partial charge on any atom is 0.223 e. The Labute approximate surface area is 159 Å². The predicted octanol–water partition coefficient (Wildman–Crippen LogP) is 2.85. The highest BCUT2D eigenvalue weighted by atomic mass is 35.5. The third-order valence-corrected chi connectivity index (χ3v) is 6.44. The summed E-state index contributed by atoms with van der Waals surface area (Å²) < 4.78 is 24.7. The van der Waals surface area contributed by atoms with Crippen molar-refractivity contribution in [1.82, 2.24) is 4.90 Å². The van der Waals surface area contributed by atoms with Gasteiger partial charge in [0.25, 0.3) is 0 Å². The zero-order valence-corrected chi connectivity index (χ0v) is 15.9. The second kappa shape index (κ2) is 8.10. The van der Waals surface area contributed by atoms with Crippen molar-refractivity contribution in [1.29, 1.82) is 0 Å². The number of hydrogen-bond donors (Lipinski definition) is 0. The third-order valence-electron chi connectivity index (χ3n) is 4.49. The first-order valence-corrected chi connectivity index (χ1v) is 10.5. The van der Waals surface area contributed by atoms with E-state index >= 15 is 0 Å². The van der Waals surface area contributed by atoms with Crippen molar-refractivity contribution in [2.75, 3.05) is 36.8 Å². The van der Waals surface area contributed by atoms with Crippen LogP contribution >= 0.6 is 11.6 Å². The van der Waals surface area contributed by atoms with Crippen molar-refractivity contribution in [3.05, 3.63) is 59.6 Å². The number of amides is 1. The van der Waals surface area contributed by atoms with Gasteiger partial charge in [0, 0.05) is 43.3 Å². The fraction of sp³-hybridized carbons (Fsp3) is 0.316. The molecular weight excluding hydrogens is 372 g/mol. The second-order valence-corrected chi connectivity index (χ2v) is 8.78. The fourth-order valence-corrected chi connectivity index (χ4v) is 4.54. The fourth-order valence-electron chi connectivity index (χ4n) is 3.01. The van der Waals surface area contributed by atoms with Crippen LogP contribution in [0.5, 0.6) is 0 Å². The number of benzene rings is 2. The monoisotopic (exact) mass is 392 g/mol. The number of anilines is 1. The number of carbonyl (C=O) groups excluding carboxylic acids is 1. The summed E-state index contributed by atoms with van der Waals surface area (Å²) in [6, 6.07) is 16.2. The predicted molar refractivity (Wildman–Crippen MR) is 103 cm³/mol. The third kappa shape index (κ3) is 4.56. The average molecular weight is 393 g/mol. The van der Waals surface area contributed by atoms with Gasteiger partial charge >= 0.3 is 0 Å².